The third-order valence-electron chi connectivity index (χ3n) is 5.88. The van der Waals surface area contributed by atoms with Gasteiger partial charge in [-0.05, 0) is 42.7 Å². The van der Waals surface area contributed by atoms with Crippen LogP contribution in [0.1, 0.15) is 41.9 Å². The number of amides is 1. The predicted octanol–water partition coefficient (Wildman–Crippen LogP) is 3.73. The molecule has 2 aliphatic rings. The minimum absolute atomic E-state index is 0.260. The number of rotatable bonds is 5. The standard InChI is InChI=1S/C23H23N7O/c1-15-20(13-26-30(15,2)3)16-9-10-24-21(12-16)23(31)27-18-6-4-5-17(11-18)22-28-25-14-29(22)19-7-8-19/h4-6,9-14,19H,7-8H2,1-3H3/p+1. The van der Waals surface area contributed by atoms with Crippen molar-refractivity contribution in [3.8, 4) is 11.4 Å². The topological polar surface area (TPSA) is 85.1 Å². The Bertz CT molecular complexity index is 1230. The van der Waals surface area contributed by atoms with Crippen LogP contribution in [0, 0.1) is 0 Å². The second-order valence-electron chi connectivity index (χ2n) is 8.40. The largest absolute Gasteiger partial charge is 0.321 e. The summed E-state index contributed by atoms with van der Waals surface area (Å²) >= 11 is 0. The van der Waals surface area contributed by atoms with Crippen molar-refractivity contribution in [1.29, 1.82) is 0 Å². The number of carbonyl (C=O) groups is 1. The molecule has 1 aliphatic heterocycles. The van der Waals surface area contributed by atoms with Gasteiger partial charge in [-0.1, -0.05) is 17.2 Å². The summed E-state index contributed by atoms with van der Waals surface area (Å²) in [5.74, 6) is 0.562. The highest BCUT2D eigenvalue weighted by Crippen LogP contribution is 2.37. The molecule has 8 nitrogen and oxygen atoms in total. The number of carbonyl (C=O) groups excluding carboxylic acids is 1. The third-order valence-corrected chi connectivity index (χ3v) is 5.88. The maximum atomic E-state index is 12.9. The number of allylic oxidation sites excluding steroid dienone is 2. The van der Waals surface area contributed by atoms with Gasteiger partial charge in [0.2, 0.25) is 0 Å². The van der Waals surface area contributed by atoms with E-state index in [1.165, 1.54) is 0 Å². The lowest BCUT2D eigenvalue weighted by Crippen LogP contribution is -2.28. The van der Waals surface area contributed by atoms with Gasteiger partial charge < -0.3 is 9.88 Å². The summed E-state index contributed by atoms with van der Waals surface area (Å²) in [6.45, 7) is 2.05. The Kier molecular flexibility index (Phi) is 4.51. The molecule has 0 saturated heterocycles. The summed E-state index contributed by atoms with van der Waals surface area (Å²) in [5.41, 5.74) is 5.03. The zero-order valence-corrected chi connectivity index (χ0v) is 17.8. The third kappa shape index (κ3) is 3.66. The van der Waals surface area contributed by atoms with E-state index in [0.29, 0.717) is 22.0 Å². The number of hydrogen-bond acceptors (Lipinski definition) is 5. The molecule has 5 rings (SSSR count). The molecule has 1 N–H and O–H groups in total. The number of anilines is 1. The molecule has 1 aromatic carbocycles. The lowest BCUT2D eigenvalue weighted by molar-refractivity contribution is -0.855. The molecule has 0 atom stereocenters. The molecule has 1 fully saturated rings. The number of aromatic nitrogens is 4. The molecule has 1 saturated carbocycles. The van der Waals surface area contributed by atoms with Gasteiger partial charge in [-0.2, -0.15) is 4.59 Å². The molecular formula is C23H24N7O+. The van der Waals surface area contributed by atoms with E-state index in [-0.39, 0.29) is 5.91 Å². The number of hydrogen-bond donors (Lipinski definition) is 1. The van der Waals surface area contributed by atoms with Crippen LogP contribution in [0.5, 0.6) is 0 Å². The van der Waals surface area contributed by atoms with E-state index >= 15 is 0 Å². The molecule has 0 unspecified atom stereocenters. The number of pyridine rings is 1. The minimum atomic E-state index is -0.260. The predicted molar refractivity (Wildman–Crippen MR) is 119 cm³/mol. The average molecular weight is 414 g/mol. The Balaban J connectivity index is 1.38. The summed E-state index contributed by atoms with van der Waals surface area (Å²) < 4.78 is 2.56. The molecule has 1 aliphatic carbocycles. The zero-order valence-electron chi connectivity index (χ0n) is 17.8. The maximum absolute atomic E-state index is 12.9. The van der Waals surface area contributed by atoms with Crippen LogP contribution >= 0.6 is 0 Å². The first kappa shape index (κ1) is 19.3. The lowest BCUT2D eigenvalue weighted by atomic mass is 10.1. The van der Waals surface area contributed by atoms with Crippen molar-refractivity contribution in [2.75, 3.05) is 19.4 Å². The molecule has 3 heterocycles. The van der Waals surface area contributed by atoms with E-state index in [9.17, 15) is 4.79 Å². The van der Waals surface area contributed by atoms with E-state index in [1.54, 1.807) is 18.6 Å². The zero-order chi connectivity index (χ0) is 21.6. The molecule has 156 valence electrons. The second-order valence-corrected chi connectivity index (χ2v) is 8.40. The fourth-order valence-electron chi connectivity index (χ4n) is 3.68. The molecular weight excluding hydrogens is 390 g/mol. The number of quaternary nitrogens is 1. The average Bonchev–Trinajstić information content (AvgIpc) is 3.42. The van der Waals surface area contributed by atoms with Gasteiger partial charge in [-0.15, -0.1) is 10.2 Å². The quantitative estimate of drug-likeness (QED) is 0.645. The van der Waals surface area contributed by atoms with Gasteiger partial charge in [0.1, 0.15) is 17.7 Å². The van der Waals surface area contributed by atoms with E-state index in [4.69, 9.17) is 0 Å². The van der Waals surface area contributed by atoms with Crippen LogP contribution < -0.4 is 5.32 Å². The summed E-state index contributed by atoms with van der Waals surface area (Å²) in [7, 11) is 4.04. The highest BCUT2D eigenvalue weighted by atomic mass is 16.1. The smallest absolute Gasteiger partial charge is 0.274 e. The van der Waals surface area contributed by atoms with Gasteiger partial charge in [-0.25, -0.2) is 0 Å². The number of nitrogens with one attached hydrogen (secondary N) is 1. The molecule has 1 amide bonds. The molecule has 0 radical (unpaired) electrons. The normalized spacial score (nSPS) is 17.3. The van der Waals surface area contributed by atoms with Gasteiger partial charge >= 0.3 is 0 Å². The van der Waals surface area contributed by atoms with Crippen LogP contribution in [0.25, 0.3) is 17.0 Å². The van der Waals surface area contributed by atoms with Gasteiger partial charge in [0, 0.05) is 30.4 Å². The van der Waals surface area contributed by atoms with Gasteiger partial charge in [0.05, 0.1) is 25.9 Å². The number of nitrogens with zero attached hydrogens (tertiary/aromatic N) is 6. The van der Waals surface area contributed by atoms with Crippen LogP contribution in [-0.2, 0) is 0 Å². The first-order chi connectivity index (χ1) is 14.9. The fourth-order valence-corrected chi connectivity index (χ4v) is 3.68. The SMILES string of the molecule is CC1=C(c2ccnc(C(=O)Nc3cccc(-c4nncn4C4CC4)c3)c2)C=N[N+]1(C)C. The lowest BCUT2D eigenvalue weighted by Gasteiger charge is -2.18. The fraction of sp³-hybridized carbons (Fsp3) is 0.261. The van der Waals surface area contributed by atoms with Crippen LogP contribution in [0.4, 0.5) is 5.69 Å². The second kappa shape index (κ2) is 7.24. The Morgan fingerprint density at radius 1 is 1.16 bits per heavy atom. The van der Waals surface area contributed by atoms with E-state index in [1.807, 2.05) is 57.6 Å². The summed E-state index contributed by atoms with van der Waals surface area (Å²) in [5, 5.41) is 15.8. The van der Waals surface area contributed by atoms with E-state index in [2.05, 4.69) is 30.2 Å². The van der Waals surface area contributed by atoms with E-state index in [0.717, 1.165) is 41.1 Å². The van der Waals surface area contributed by atoms with Crippen molar-refractivity contribution in [1.82, 2.24) is 19.7 Å². The van der Waals surface area contributed by atoms with Gasteiger partial charge in [0.25, 0.3) is 5.91 Å². The molecule has 31 heavy (non-hydrogen) atoms. The van der Waals surface area contributed by atoms with Gasteiger partial charge in [0.15, 0.2) is 5.82 Å². The Morgan fingerprint density at radius 2 is 2.00 bits per heavy atom. The molecule has 3 aromatic rings. The van der Waals surface area contributed by atoms with Crippen LogP contribution in [0.2, 0.25) is 0 Å². The summed E-state index contributed by atoms with van der Waals surface area (Å²) in [4.78, 5) is 17.2. The molecule has 0 spiro atoms. The van der Waals surface area contributed by atoms with Crippen LogP contribution in [0.3, 0.4) is 0 Å². The first-order valence-electron chi connectivity index (χ1n) is 10.3. The van der Waals surface area contributed by atoms with Crippen molar-refractivity contribution in [3.05, 3.63) is 65.9 Å². The Morgan fingerprint density at radius 3 is 2.74 bits per heavy atom. The van der Waals surface area contributed by atoms with Crippen LogP contribution in [-0.4, -0.2) is 50.6 Å². The van der Waals surface area contributed by atoms with E-state index < -0.39 is 0 Å². The number of benzene rings is 1. The van der Waals surface area contributed by atoms with Gasteiger partial charge in [-0.3, -0.25) is 9.78 Å². The molecule has 8 heteroatoms. The van der Waals surface area contributed by atoms with Crippen LogP contribution in [0.15, 0.2) is 59.7 Å². The van der Waals surface area contributed by atoms with Crippen molar-refractivity contribution in [2.24, 2.45) is 5.10 Å². The molecule has 2 aromatic heterocycles. The Hall–Kier alpha value is -3.65. The van der Waals surface area contributed by atoms with Crippen molar-refractivity contribution in [3.63, 3.8) is 0 Å². The Labute approximate surface area is 180 Å². The minimum Gasteiger partial charge on any atom is -0.321 e. The van der Waals surface area contributed by atoms with Crippen molar-refractivity contribution in [2.45, 2.75) is 25.8 Å². The highest BCUT2D eigenvalue weighted by molar-refractivity contribution is 6.12. The summed E-state index contributed by atoms with van der Waals surface area (Å²) in [6, 6.07) is 11.9. The first-order valence-corrected chi connectivity index (χ1v) is 10.3. The maximum Gasteiger partial charge on any atom is 0.274 e. The van der Waals surface area contributed by atoms with Crippen molar-refractivity contribution < 1.29 is 9.39 Å². The summed E-state index contributed by atoms with van der Waals surface area (Å²) in [6.07, 6.45) is 7.59. The highest BCUT2D eigenvalue weighted by Gasteiger charge is 2.28. The van der Waals surface area contributed by atoms with Crippen molar-refractivity contribution >= 4 is 23.4 Å². The monoisotopic (exact) mass is 414 g/mol. The molecule has 0 bridgehead atoms.